The normalized spacial score (nSPS) is 25.8. The molecule has 0 unspecified atom stereocenters. The van der Waals surface area contributed by atoms with Crippen LogP contribution in [0.1, 0.15) is 61.4 Å². The van der Waals surface area contributed by atoms with E-state index < -0.39 is 17.2 Å². The fourth-order valence-electron chi connectivity index (χ4n) is 4.35. The van der Waals surface area contributed by atoms with Gasteiger partial charge in [-0.2, -0.15) is 0 Å². The maximum Gasteiger partial charge on any atom is 0.296 e. The zero-order valence-corrected chi connectivity index (χ0v) is 16.1. The van der Waals surface area contributed by atoms with Crippen molar-refractivity contribution in [2.75, 3.05) is 0 Å². The highest BCUT2D eigenvalue weighted by molar-refractivity contribution is 5.94. The van der Waals surface area contributed by atoms with Gasteiger partial charge in [0.2, 0.25) is 5.75 Å². The maximum absolute atomic E-state index is 13.0. The third-order valence-corrected chi connectivity index (χ3v) is 6.37. The number of carbonyl (C=O) groups excluding carboxylic acids is 1. The molecule has 148 valence electrons. The van der Waals surface area contributed by atoms with Crippen LogP contribution in [0, 0.1) is 11.2 Å². The second-order valence-electron chi connectivity index (χ2n) is 8.70. The standard InChI is InChI=1S/C21H24FN3O3/c1-20-7-9-21(2,10-8-20)19-24-15(16(26)18(28)25(19)12-20)17(27)23-11-13-3-5-14(22)6-4-13/h3-6,26H,7-12H2,1-2H3,(H,23,27). The summed E-state index contributed by atoms with van der Waals surface area (Å²) < 4.78 is 14.6. The Morgan fingerprint density at radius 3 is 2.50 bits per heavy atom. The first kappa shape index (κ1) is 18.7. The lowest BCUT2D eigenvalue weighted by Crippen LogP contribution is -2.35. The number of rotatable bonds is 3. The van der Waals surface area contributed by atoms with Gasteiger partial charge in [-0.1, -0.05) is 26.0 Å². The Kier molecular flexibility index (Phi) is 4.28. The van der Waals surface area contributed by atoms with Crippen molar-refractivity contribution in [3.63, 3.8) is 0 Å². The number of halogens is 1. The molecular formula is C21H24FN3O3. The molecule has 1 fully saturated rings. The first-order valence-corrected chi connectivity index (χ1v) is 9.58. The summed E-state index contributed by atoms with van der Waals surface area (Å²) in [5, 5.41) is 13.1. The van der Waals surface area contributed by atoms with Crippen LogP contribution in [-0.2, 0) is 18.5 Å². The zero-order chi connectivity index (χ0) is 20.1. The second-order valence-corrected chi connectivity index (χ2v) is 8.70. The molecular weight excluding hydrogens is 361 g/mol. The van der Waals surface area contributed by atoms with E-state index in [9.17, 15) is 19.1 Å². The van der Waals surface area contributed by atoms with E-state index in [-0.39, 0.29) is 28.9 Å². The summed E-state index contributed by atoms with van der Waals surface area (Å²) in [5.41, 5.74) is -0.364. The Morgan fingerprint density at radius 2 is 1.86 bits per heavy atom. The summed E-state index contributed by atoms with van der Waals surface area (Å²) in [6.07, 6.45) is 3.77. The number of amides is 1. The lowest BCUT2D eigenvalue weighted by molar-refractivity contribution is 0.0941. The predicted molar refractivity (Wildman–Crippen MR) is 102 cm³/mol. The van der Waals surface area contributed by atoms with Gasteiger partial charge in [0.1, 0.15) is 11.6 Å². The number of nitrogens with one attached hydrogen (secondary N) is 1. The first-order chi connectivity index (χ1) is 13.2. The van der Waals surface area contributed by atoms with E-state index in [0.717, 1.165) is 25.7 Å². The summed E-state index contributed by atoms with van der Waals surface area (Å²) in [7, 11) is 0. The van der Waals surface area contributed by atoms with Gasteiger partial charge in [0.05, 0.1) is 0 Å². The number of aromatic nitrogens is 2. The quantitative estimate of drug-likeness (QED) is 0.851. The largest absolute Gasteiger partial charge is 0.501 e. The third kappa shape index (κ3) is 3.08. The van der Waals surface area contributed by atoms with Crippen molar-refractivity contribution in [2.45, 2.75) is 58.0 Å². The van der Waals surface area contributed by atoms with E-state index in [1.54, 1.807) is 16.7 Å². The molecule has 0 spiro atoms. The van der Waals surface area contributed by atoms with Gasteiger partial charge < -0.3 is 10.4 Å². The minimum atomic E-state index is -0.617. The molecule has 6 nitrogen and oxygen atoms in total. The van der Waals surface area contributed by atoms with Gasteiger partial charge in [0.25, 0.3) is 11.5 Å². The number of hydrogen-bond acceptors (Lipinski definition) is 4. The highest BCUT2D eigenvalue weighted by Gasteiger charge is 2.46. The number of fused-ring (bicyclic) bond motifs is 2. The molecule has 5 rings (SSSR count). The molecule has 3 aliphatic rings. The Balaban J connectivity index is 1.67. The van der Waals surface area contributed by atoms with E-state index in [0.29, 0.717) is 17.9 Å². The number of hydrogen-bond donors (Lipinski definition) is 2. The van der Waals surface area contributed by atoms with Crippen molar-refractivity contribution in [2.24, 2.45) is 5.41 Å². The van der Waals surface area contributed by atoms with Gasteiger partial charge in [0.15, 0.2) is 5.69 Å². The van der Waals surface area contributed by atoms with Crippen LogP contribution in [0.15, 0.2) is 29.1 Å². The molecule has 1 saturated carbocycles. The Morgan fingerprint density at radius 1 is 1.21 bits per heavy atom. The van der Waals surface area contributed by atoms with E-state index in [1.165, 1.54) is 12.1 Å². The molecule has 0 radical (unpaired) electrons. The van der Waals surface area contributed by atoms with Gasteiger partial charge in [-0.25, -0.2) is 9.37 Å². The van der Waals surface area contributed by atoms with Crippen LogP contribution >= 0.6 is 0 Å². The average Bonchev–Trinajstić information content (AvgIpc) is 2.86. The van der Waals surface area contributed by atoms with Gasteiger partial charge >= 0.3 is 0 Å². The third-order valence-electron chi connectivity index (χ3n) is 6.37. The minimum absolute atomic E-state index is 0.00899. The molecule has 2 bridgehead atoms. The van der Waals surface area contributed by atoms with E-state index in [1.807, 2.05) is 0 Å². The van der Waals surface area contributed by atoms with E-state index in [2.05, 4.69) is 24.1 Å². The molecule has 2 N–H and O–H groups in total. The van der Waals surface area contributed by atoms with Gasteiger partial charge in [0, 0.05) is 18.5 Å². The van der Waals surface area contributed by atoms with E-state index >= 15 is 0 Å². The number of benzene rings is 1. The molecule has 1 amide bonds. The molecule has 2 aromatic rings. The summed E-state index contributed by atoms with van der Waals surface area (Å²) in [4.78, 5) is 30.0. The van der Waals surface area contributed by atoms with Crippen LogP contribution in [0.5, 0.6) is 5.75 Å². The fourth-order valence-corrected chi connectivity index (χ4v) is 4.35. The SMILES string of the molecule is CC12CCC(C)(CC1)c1nc(C(=O)NCc3ccc(F)cc3)c(O)c(=O)n1C2. The Labute approximate surface area is 162 Å². The smallest absolute Gasteiger partial charge is 0.296 e. The molecule has 2 aliphatic heterocycles. The fraction of sp³-hybridized carbons (Fsp3) is 0.476. The van der Waals surface area contributed by atoms with Crippen LogP contribution in [0.3, 0.4) is 0 Å². The van der Waals surface area contributed by atoms with Crippen LogP contribution < -0.4 is 10.9 Å². The van der Waals surface area contributed by atoms with Crippen molar-refractivity contribution in [3.05, 3.63) is 57.5 Å². The van der Waals surface area contributed by atoms with Crippen molar-refractivity contribution in [3.8, 4) is 5.75 Å². The molecule has 0 saturated heterocycles. The van der Waals surface area contributed by atoms with Crippen molar-refractivity contribution >= 4 is 5.91 Å². The summed E-state index contributed by atoms with van der Waals surface area (Å²) in [6, 6.07) is 5.75. The van der Waals surface area contributed by atoms with Crippen LogP contribution in [0.2, 0.25) is 0 Å². The Hall–Kier alpha value is -2.70. The van der Waals surface area contributed by atoms with Crippen molar-refractivity contribution < 1.29 is 14.3 Å². The highest BCUT2D eigenvalue weighted by atomic mass is 19.1. The predicted octanol–water partition coefficient (Wildman–Crippen LogP) is 2.87. The second kappa shape index (κ2) is 6.43. The number of carbonyl (C=O) groups is 1. The van der Waals surface area contributed by atoms with Crippen LogP contribution in [0.4, 0.5) is 4.39 Å². The van der Waals surface area contributed by atoms with Crippen molar-refractivity contribution in [1.82, 2.24) is 14.9 Å². The molecule has 0 atom stereocenters. The maximum atomic E-state index is 13.0. The minimum Gasteiger partial charge on any atom is -0.501 e. The monoisotopic (exact) mass is 385 g/mol. The van der Waals surface area contributed by atoms with Gasteiger partial charge in [-0.3, -0.25) is 14.2 Å². The number of nitrogens with zero attached hydrogens (tertiary/aromatic N) is 2. The van der Waals surface area contributed by atoms with Crippen LogP contribution in [-0.4, -0.2) is 20.6 Å². The van der Waals surface area contributed by atoms with Gasteiger partial charge in [-0.15, -0.1) is 0 Å². The first-order valence-electron chi connectivity index (χ1n) is 9.58. The van der Waals surface area contributed by atoms with Crippen molar-refractivity contribution in [1.29, 1.82) is 0 Å². The lowest BCUT2D eigenvalue weighted by Gasteiger charge is -2.37. The molecule has 28 heavy (non-hydrogen) atoms. The zero-order valence-electron chi connectivity index (χ0n) is 16.1. The molecule has 7 heteroatoms. The molecule has 3 heterocycles. The van der Waals surface area contributed by atoms with Gasteiger partial charge in [-0.05, 0) is 48.8 Å². The van der Waals surface area contributed by atoms with Crippen LogP contribution in [0.25, 0.3) is 0 Å². The van der Waals surface area contributed by atoms with E-state index in [4.69, 9.17) is 0 Å². The molecule has 1 aliphatic carbocycles. The topological polar surface area (TPSA) is 84.2 Å². The Bertz CT molecular complexity index is 989. The average molecular weight is 385 g/mol. The molecule has 1 aromatic carbocycles. The summed E-state index contributed by atoms with van der Waals surface area (Å²) in [6.45, 7) is 4.89. The summed E-state index contributed by atoms with van der Waals surface area (Å²) >= 11 is 0. The number of aromatic hydroxyl groups is 1. The lowest BCUT2D eigenvalue weighted by atomic mass is 9.66. The molecule has 1 aromatic heterocycles. The summed E-state index contributed by atoms with van der Waals surface area (Å²) in [5.74, 6) is -1.00. The highest BCUT2D eigenvalue weighted by Crippen LogP contribution is 2.50.